The van der Waals surface area contributed by atoms with Crippen LogP contribution in [0.5, 0.6) is 5.75 Å². The lowest BCUT2D eigenvalue weighted by Crippen LogP contribution is -2.54. The van der Waals surface area contributed by atoms with Crippen LogP contribution >= 0.6 is 0 Å². The Morgan fingerprint density at radius 1 is 1.00 bits per heavy atom. The third-order valence-electron chi connectivity index (χ3n) is 2.86. The van der Waals surface area contributed by atoms with Gasteiger partial charge in [-0.3, -0.25) is 4.57 Å². The predicted octanol–water partition coefficient (Wildman–Crippen LogP) is 3.89. The minimum absolute atomic E-state index is 1.00. The summed E-state index contributed by atoms with van der Waals surface area (Å²) in [6.07, 6.45) is 2.38. The van der Waals surface area contributed by atoms with Crippen molar-refractivity contribution in [2.75, 3.05) is 13.1 Å². The lowest BCUT2D eigenvalue weighted by Gasteiger charge is -2.36. The summed E-state index contributed by atoms with van der Waals surface area (Å²) in [4.78, 5) is 0. The van der Waals surface area contributed by atoms with Gasteiger partial charge in [-0.1, -0.05) is 32.0 Å². The molecule has 0 saturated heterocycles. The molecule has 1 aromatic carbocycles. The minimum atomic E-state index is -1.78. The van der Waals surface area contributed by atoms with Crippen LogP contribution in [0.15, 0.2) is 30.3 Å². The zero-order valence-electron chi connectivity index (χ0n) is 11.6. The second kappa shape index (κ2) is 6.82. The molecule has 0 heterocycles. The molecule has 0 amide bonds. The van der Waals surface area contributed by atoms with Gasteiger partial charge >= 0.3 is 8.48 Å². The van der Waals surface area contributed by atoms with Crippen molar-refractivity contribution in [3.8, 4) is 5.75 Å². The van der Waals surface area contributed by atoms with Gasteiger partial charge in [0.1, 0.15) is 5.75 Å². The molecule has 0 unspecified atom stereocenters. The third-order valence-corrected chi connectivity index (χ3v) is 5.56. The summed E-state index contributed by atoms with van der Waals surface area (Å²) in [6.45, 7) is 11.3. The lowest BCUT2D eigenvalue weighted by atomic mass is 10.3. The van der Waals surface area contributed by atoms with Crippen molar-refractivity contribution in [2.24, 2.45) is 0 Å². The topological polar surface area (TPSA) is 12.5 Å². The first-order valence-corrected chi connectivity index (χ1v) is 9.44. The molecule has 0 aliphatic carbocycles. The molecule has 0 radical (unpaired) electrons. The lowest BCUT2D eigenvalue weighted by molar-refractivity contribution is 0.349. The molecule has 0 aromatic heterocycles. The third kappa shape index (κ3) is 4.52. The van der Waals surface area contributed by atoms with Gasteiger partial charge < -0.3 is 4.43 Å². The van der Waals surface area contributed by atoms with E-state index in [4.69, 9.17) is 4.43 Å². The van der Waals surface area contributed by atoms with Crippen molar-refractivity contribution >= 4 is 8.48 Å². The first-order valence-electron chi connectivity index (χ1n) is 6.59. The highest BCUT2D eigenvalue weighted by atomic mass is 28.4. The van der Waals surface area contributed by atoms with Crippen molar-refractivity contribution < 1.29 is 4.43 Å². The molecule has 96 valence electrons. The molecule has 0 saturated carbocycles. The summed E-state index contributed by atoms with van der Waals surface area (Å²) < 4.78 is 8.78. The molecule has 0 atom stereocenters. The Bertz CT molecular complexity index is 307. The number of rotatable bonds is 7. The van der Waals surface area contributed by atoms with Crippen molar-refractivity contribution in [3.05, 3.63) is 30.3 Å². The molecule has 0 N–H and O–H groups in total. The fourth-order valence-electron chi connectivity index (χ4n) is 2.03. The van der Waals surface area contributed by atoms with E-state index in [0.717, 1.165) is 18.8 Å². The highest BCUT2D eigenvalue weighted by molar-refractivity contribution is 6.69. The summed E-state index contributed by atoms with van der Waals surface area (Å²) in [6, 6.07) is 10.2. The molecule has 0 spiro atoms. The van der Waals surface area contributed by atoms with Gasteiger partial charge in [0, 0.05) is 0 Å². The van der Waals surface area contributed by atoms with E-state index in [0.29, 0.717) is 0 Å². The van der Waals surface area contributed by atoms with Crippen LogP contribution in [0.4, 0.5) is 0 Å². The Balaban J connectivity index is 2.70. The van der Waals surface area contributed by atoms with Crippen molar-refractivity contribution in [1.82, 2.24) is 4.57 Å². The van der Waals surface area contributed by atoms with E-state index in [9.17, 15) is 0 Å². The molecule has 0 aliphatic heterocycles. The molecule has 3 heteroatoms. The highest BCUT2D eigenvalue weighted by Gasteiger charge is 2.32. The van der Waals surface area contributed by atoms with Crippen molar-refractivity contribution in [2.45, 2.75) is 39.8 Å². The number of para-hydroxylation sites is 1. The molecule has 17 heavy (non-hydrogen) atoms. The standard InChI is InChI=1S/C14H25NOSi/c1-5-12-15(13-6-2)17(3,4)16-14-10-8-7-9-11-14/h7-11H,5-6,12-13H2,1-4H3. The first-order chi connectivity index (χ1) is 8.10. The number of hydrogen-bond donors (Lipinski definition) is 0. The van der Waals surface area contributed by atoms with E-state index in [1.165, 1.54) is 12.8 Å². The van der Waals surface area contributed by atoms with Crippen LogP contribution in [0.25, 0.3) is 0 Å². The summed E-state index contributed by atoms with van der Waals surface area (Å²) >= 11 is 0. The zero-order valence-corrected chi connectivity index (χ0v) is 12.6. The van der Waals surface area contributed by atoms with Gasteiger partial charge in [-0.05, 0) is 51.2 Å². The van der Waals surface area contributed by atoms with Gasteiger partial charge in [0.2, 0.25) is 0 Å². The number of benzene rings is 1. The molecule has 0 aliphatic rings. The van der Waals surface area contributed by atoms with Gasteiger partial charge in [-0.2, -0.15) is 0 Å². The summed E-state index contributed by atoms with van der Waals surface area (Å²) in [5, 5.41) is 0. The Morgan fingerprint density at radius 2 is 1.53 bits per heavy atom. The maximum Gasteiger partial charge on any atom is 0.325 e. The van der Waals surface area contributed by atoms with E-state index < -0.39 is 8.48 Å². The van der Waals surface area contributed by atoms with E-state index in [2.05, 4.69) is 31.5 Å². The molecule has 1 rings (SSSR count). The largest absolute Gasteiger partial charge is 0.530 e. The first kappa shape index (κ1) is 14.3. The van der Waals surface area contributed by atoms with Crippen LogP contribution in [0.2, 0.25) is 13.1 Å². The van der Waals surface area contributed by atoms with Crippen LogP contribution in [-0.2, 0) is 0 Å². The molecule has 0 fully saturated rings. The normalized spacial score (nSPS) is 11.8. The van der Waals surface area contributed by atoms with E-state index in [1.54, 1.807) is 0 Å². The van der Waals surface area contributed by atoms with Gasteiger partial charge in [0.25, 0.3) is 0 Å². The van der Waals surface area contributed by atoms with Gasteiger partial charge in [-0.15, -0.1) is 0 Å². The maximum absolute atomic E-state index is 6.23. The van der Waals surface area contributed by atoms with Gasteiger partial charge in [0.15, 0.2) is 0 Å². The average Bonchev–Trinajstić information content (AvgIpc) is 2.29. The fourth-order valence-corrected chi connectivity index (χ4v) is 4.40. The van der Waals surface area contributed by atoms with Crippen molar-refractivity contribution in [1.29, 1.82) is 0 Å². The monoisotopic (exact) mass is 251 g/mol. The average molecular weight is 251 g/mol. The number of hydrogen-bond acceptors (Lipinski definition) is 2. The SMILES string of the molecule is CCCN(CCC)[Si](C)(C)Oc1ccccc1. The summed E-state index contributed by atoms with van der Waals surface area (Å²) in [5.41, 5.74) is 0. The predicted molar refractivity (Wildman–Crippen MR) is 76.7 cm³/mol. The summed E-state index contributed by atoms with van der Waals surface area (Å²) in [5.74, 6) is 1.00. The van der Waals surface area contributed by atoms with Crippen molar-refractivity contribution in [3.63, 3.8) is 0 Å². The quantitative estimate of drug-likeness (QED) is 0.682. The highest BCUT2D eigenvalue weighted by Crippen LogP contribution is 2.18. The van der Waals surface area contributed by atoms with E-state index >= 15 is 0 Å². The second-order valence-electron chi connectivity index (χ2n) is 4.85. The molecule has 0 bridgehead atoms. The Morgan fingerprint density at radius 3 is 2.00 bits per heavy atom. The van der Waals surface area contributed by atoms with Crippen LogP contribution in [-0.4, -0.2) is 26.1 Å². The molecule has 1 aromatic rings. The Labute approximate surface area is 107 Å². The van der Waals surface area contributed by atoms with Gasteiger partial charge in [0.05, 0.1) is 0 Å². The molecule has 2 nitrogen and oxygen atoms in total. The fraction of sp³-hybridized carbons (Fsp3) is 0.571. The Kier molecular flexibility index (Phi) is 5.72. The van der Waals surface area contributed by atoms with Gasteiger partial charge in [-0.25, -0.2) is 0 Å². The Hall–Kier alpha value is -0.803. The van der Waals surface area contributed by atoms with E-state index in [1.807, 2.05) is 30.3 Å². The molecular formula is C14H25NOSi. The molecular weight excluding hydrogens is 226 g/mol. The van der Waals surface area contributed by atoms with Crippen LogP contribution < -0.4 is 4.43 Å². The summed E-state index contributed by atoms with van der Waals surface area (Å²) in [7, 11) is -1.78. The number of nitrogens with zero attached hydrogens (tertiary/aromatic N) is 1. The van der Waals surface area contributed by atoms with Crippen LogP contribution in [0.3, 0.4) is 0 Å². The van der Waals surface area contributed by atoms with E-state index in [-0.39, 0.29) is 0 Å². The second-order valence-corrected chi connectivity index (χ2v) is 8.58. The minimum Gasteiger partial charge on any atom is -0.530 e. The van der Waals surface area contributed by atoms with Crippen LogP contribution in [0.1, 0.15) is 26.7 Å². The smallest absolute Gasteiger partial charge is 0.325 e. The maximum atomic E-state index is 6.23. The van der Waals surface area contributed by atoms with Crippen LogP contribution in [0, 0.1) is 0 Å². The zero-order chi connectivity index (χ0) is 12.7.